The number of hydrogen-bond acceptors (Lipinski definition) is 3. The fourth-order valence-corrected chi connectivity index (χ4v) is 2.15. The van der Waals surface area contributed by atoms with Crippen molar-refractivity contribution < 1.29 is 4.39 Å². The normalized spacial score (nSPS) is 12.4. The monoisotopic (exact) mass is 299 g/mol. The van der Waals surface area contributed by atoms with Crippen LogP contribution in [-0.2, 0) is 6.42 Å². The Labute approximate surface area is 120 Å². The first-order valence-corrected chi connectivity index (χ1v) is 6.38. The molecule has 1 heterocycles. The van der Waals surface area contributed by atoms with Crippen LogP contribution in [0.25, 0.3) is 0 Å². The maximum atomic E-state index is 13.7. The lowest BCUT2D eigenvalue weighted by Crippen LogP contribution is -2.30. The van der Waals surface area contributed by atoms with Gasteiger partial charge in [0.1, 0.15) is 11.0 Å². The van der Waals surface area contributed by atoms with Crippen molar-refractivity contribution >= 4 is 23.2 Å². The summed E-state index contributed by atoms with van der Waals surface area (Å²) in [5, 5.41) is 0.769. The van der Waals surface area contributed by atoms with Crippen molar-refractivity contribution in [1.82, 2.24) is 10.4 Å². The number of aromatic nitrogens is 1. The average molecular weight is 300 g/mol. The number of hydrogen-bond donors (Lipinski definition) is 2. The maximum Gasteiger partial charge on any atom is 0.129 e. The van der Waals surface area contributed by atoms with E-state index in [1.807, 2.05) is 0 Å². The first kappa shape index (κ1) is 14.2. The van der Waals surface area contributed by atoms with Crippen LogP contribution in [0.3, 0.4) is 0 Å². The number of nitrogens with two attached hydrogens (primary N) is 1. The number of benzene rings is 1. The zero-order valence-corrected chi connectivity index (χ0v) is 11.4. The molecule has 6 heteroatoms. The van der Waals surface area contributed by atoms with Crippen molar-refractivity contribution in [2.75, 3.05) is 0 Å². The molecule has 2 rings (SSSR count). The van der Waals surface area contributed by atoms with Gasteiger partial charge >= 0.3 is 0 Å². The van der Waals surface area contributed by atoms with Gasteiger partial charge in [0.05, 0.1) is 6.04 Å². The second-order valence-corrected chi connectivity index (χ2v) is 4.83. The highest BCUT2D eigenvalue weighted by Gasteiger charge is 2.16. The van der Waals surface area contributed by atoms with Gasteiger partial charge in [-0.3, -0.25) is 11.3 Å². The summed E-state index contributed by atoms with van der Waals surface area (Å²) in [6, 6.07) is 7.73. The van der Waals surface area contributed by atoms with Crippen molar-refractivity contribution in [3.63, 3.8) is 0 Å². The number of nitrogens with zero attached hydrogens (tertiary/aromatic N) is 1. The molecule has 0 spiro atoms. The Hall–Kier alpha value is -1.20. The number of nitrogens with one attached hydrogen (secondary N) is 1. The molecule has 2 aromatic rings. The lowest BCUT2D eigenvalue weighted by molar-refractivity contribution is 0.528. The molecule has 0 saturated heterocycles. The minimum Gasteiger partial charge on any atom is -0.271 e. The van der Waals surface area contributed by atoms with Gasteiger partial charge in [-0.25, -0.2) is 9.37 Å². The molecule has 100 valence electrons. The Kier molecular flexibility index (Phi) is 4.71. The topological polar surface area (TPSA) is 50.9 Å². The van der Waals surface area contributed by atoms with Crippen LogP contribution in [0.15, 0.2) is 36.5 Å². The Morgan fingerprint density at radius 1 is 1.26 bits per heavy atom. The zero-order chi connectivity index (χ0) is 13.8. The van der Waals surface area contributed by atoms with Gasteiger partial charge in [0.2, 0.25) is 0 Å². The quantitative estimate of drug-likeness (QED) is 0.517. The van der Waals surface area contributed by atoms with Gasteiger partial charge in [-0.2, -0.15) is 0 Å². The summed E-state index contributed by atoms with van der Waals surface area (Å²) in [6.07, 6.45) is 1.92. The van der Waals surface area contributed by atoms with Crippen molar-refractivity contribution in [2.45, 2.75) is 12.5 Å². The fraction of sp³-hybridized carbons (Fsp3) is 0.154. The molecule has 3 N–H and O–H groups in total. The van der Waals surface area contributed by atoms with E-state index in [4.69, 9.17) is 29.0 Å². The Morgan fingerprint density at radius 3 is 2.63 bits per heavy atom. The SMILES string of the molecule is NNC(Cc1c(F)cccc1Cl)c1ccc(Cl)nc1. The standard InChI is InChI=1S/C13H12Cl2FN3/c14-10-2-1-3-11(16)9(10)6-12(19-17)8-4-5-13(15)18-7-8/h1-5,7,12,19H,6,17H2. The third-order valence-electron chi connectivity index (χ3n) is 2.82. The van der Waals surface area contributed by atoms with Crippen LogP contribution in [0.4, 0.5) is 4.39 Å². The molecule has 0 aliphatic carbocycles. The molecule has 0 aliphatic heterocycles. The largest absolute Gasteiger partial charge is 0.271 e. The van der Waals surface area contributed by atoms with Crippen LogP contribution in [0.2, 0.25) is 10.2 Å². The summed E-state index contributed by atoms with van der Waals surface area (Å²) in [4.78, 5) is 3.98. The molecule has 0 radical (unpaired) electrons. The predicted molar refractivity (Wildman–Crippen MR) is 74.4 cm³/mol. The van der Waals surface area contributed by atoms with Gasteiger partial charge in [-0.1, -0.05) is 35.3 Å². The molecule has 1 aromatic heterocycles. The molecule has 0 bridgehead atoms. The number of halogens is 3. The zero-order valence-electron chi connectivity index (χ0n) is 9.91. The van der Waals surface area contributed by atoms with Crippen LogP contribution in [-0.4, -0.2) is 4.98 Å². The van der Waals surface area contributed by atoms with E-state index >= 15 is 0 Å². The summed E-state index contributed by atoms with van der Waals surface area (Å²) >= 11 is 11.7. The van der Waals surface area contributed by atoms with E-state index in [2.05, 4.69) is 10.4 Å². The summed E-state index contributed by atoms with van der Waals surface area (Å²) in [5.74, 6) is 5.16. The Balaban J connectivity index is 2.26. The van der Waals surface area contributed by atoms with Crippen LogP contribution in [0.5, 0.6) is 0 Å². The van der Waals surface area contributed by atoms with Crippen molar-refractivity contribution in [1.29, 1.82) is 0 Å². The van der Waals surface area contributed by atoms with E-state index in [0.29, 0.717) is 22.2 Å². The van der Waals surface area contributed by atoms with E-state index in [9.17, 15) is 4.39 Å². The van der Waals surface area contributed by atoms with Gasteiger partial charge < -0.3 is 0 Å². The highest BCUT2D eigenvalue weighted by atomic mass is 35.5. The third kappa shape index (κ3) is 3.42. The molecular weight excluding hydrogens is 288 g/mol. The first-order chi connectivity index (χ1) is 9.11. The molecule has 1 unspecified atom stereocenters. The van der Waals surface area contributed by atoms with E-state index in [0.717, 1.165) is 5.56 Å². The van der Waals surface area contributed by atoms with Crippen LogP contribution < -0.4 is 11.3 Å². The van der Waals surface area contributed by atoms with Crippen molar-refractivity contribution in [3.8, 4) is 0 Å². The van der Waals surface area contributed by atoms with Crippen LogP contribution >= 0.6 is 23.2 Å². The lowest BCUT2D eigenvalue weighted by Gasteiger charge is -2.17. The fourth-order valence-electron chi connectivity index (χ4n) is 1.80. The highest BCUT2D eigenvalue weighted by molar-refractivity contribution is 6.31. The first-order valence-electron chi connectivity index (χ1n) is 5.62. The Bertz CT molecular complexity index is 540. The summed E-state index contributed by atoms with van der Waals surface area (Å²) in [5.41, 5.74) is 3.86. The molecule has 0 amide bonds. The molecular formula is C13H12Cl2FN3. The summed E-state index contributed by atoms with van der Waals surface area (Å²) in [7, 11) is 0. The average Bonchev–Trinajstić information content (AvgIpc) is 2.40. The van der Waals surface area contributed by atoms with E-state index in [1.54, 1.807) is 30.5 Å². The van der Waals surface area contributed by atoms with Crippen LogP contribution in [0, 0.1) is 5.82 Å². The molecule has 0 fully saturated rings. The predicted octanol–water partition coefficient (Wildman–Crippen LogP) is 3.27. The summed E-state index contributed by atoms with van der Waals surface area (Å²) < 4.78 is 13.7. The molecule has 3 nitrogen and oxygen atoms in total. The van der Waals surface area contributed by atoms with Gasteiger partial charge in [-0.05, 0) is 30.2 Å². The van der Waals surface area contributed by atoms with Crippen molar-refractivity contribution in [2.24, 2.45) is 5.84 Å². The highest BCUT2D eigenvalue weighted by Crippen LogP contribution is 2.25. The number of pyridine rings is 1. The third-order valence-corrected chi connectivity index (χ3v) is 3.40. The molecule has 19 heavy (non-hydrogen) atoms. The van der Waals surface area contributed by atoms with Gasteiger partial charge in [0.25, 0.3) is 0 Å². The Morgan fingerprint density at radius 2 is 2.05 bits per heavy atom. The summed E-state index contributed by atoms with van der Waals surface area (Å²) in [6.45, 7) is 0. The molecule has 1 aromatic carbocycles. The number of hydrazine groups is 1. The number of rotatable bonds is 4. The second-order valence-electron chi connectivity index (χ2n) is 4.04. The van der Waals surface area contributed by atoms with Gasteiger partial charge in [-0.15, -0.1) is 0 Å². The van der Waals surface area contributed by atoms with E-state index in [-0.39, 0.29) is 11.9 Å². The van der Waals surface area contributed by atoms with Crippen LogP contribution in [0.1, 0.15) is 17.2 Å². The van der Waals surface area contributed by atoms with E-state index in [1.165, 1.54) is 6.07 Å². The van der Waals surface area contributed by atoms with E-state index < -0.39 is 0 Å². The van der Waals surface area contributed by atoms with Crippen molar-refractivity contribution in [3.05, 3.63) is 63.6 Å². The molecule has 1 atom stereocenters. The smallest absolute Gasteiger partial charge is 0.129 e. The molecule has 0 saturated carbocycles. The second kappa shape index (κ2) is 6.30. The minimum absolute atomic E-state index is 0.292. The minimum atomic E-state index is -0.352. The lowest BCUT2D eigenvalue weighted by atomic mass is 10.0. The maximum absolute atomic E-state index is 13.7. The van der Waals surface area contributed by atoms with Gasteiger partial charge in [0, 0.05) is 16.8 Å². The van der Waals surface area contributed by atoms with Gasteiger partial charge in [0.15, 0.2) is 0 Å². The molecule has 0 aliphatic rings.